The van der Waals surface area contributed by atoms with Crippen molar-refractivity contribution in [1.29, 1.82) is 0 Å². The van der Waals surface area contributed by atoms with Crippen LogP contribution in [0.5, 0.6) is 0 Å². The topological polar surface area (TPSA) is 55.1 Å². The molecule has 0 spiro atoms. The highest BCUT2D eigenvalue weighted by Gasteiger charge is 2.04. The van der Waals surface area contributed by atoms with Crippen LogP contribution in [0.25, 0.3) is 0 Å². The molecule has 0 radical (unpaired) electrons. The Labute approximate surface area is 107 Å². The average molecular weight is 240 g/mol. The number of nitrogens with one attached hydrogen (secondary N) is 1. The molecule has 3 N–H and O–H groups in total. The van der Waals surface area contributed by atoms with Crippen LogP contribution in [0.4, 0.5) is 11.4 Å². The summed E-state index contributed by atoms with van der Waals surface area (Å²) in [5.74, 6) is -0.0359. The van der Waals surface area contributed by atoms with Gasteiger partial charge in [0, 0.05) is 11.4 Å². The highest BCUT2D eigenvalue weighted by molar-refractivity contribution is 5.92. The molecule has 0 bridgehead atoms. The smallest absolute Gasteiger partial charge is 0.228 e. The molecule has 0 saturated heterocycles. The Bertz CT molecular complexity index is 514. The molecule has 0 atom stereocenters. The van der Waals surface area contributed by atoms with Gasteiger partial charge in [-0.25, -0.2) is 0 Å². The van der Waals surface area contributed by atoms with E-state index >= 15 is 0 Å². The first-order valence-electron chi connectivity index (χ1n) is 5.84. The standard InChI is InChI=1S/C15H16N2O/c1-11-4-2-7-14(8-11)17-15(18)10-12-5-3-6-13(16)9-12/h2-9H,10,16H2,1H3,(H,17,18). The molecule has 3 heteroatoms. The van der Waals surface area contributed by atoms with Crippen molar-refractivity contribution in [2.75, 3.05) is 11.1 Å². The summed E-state index contributed by atoms with van der Waals surface area (Å²) in [7, 11) is 0. The average Bonchev–Trinajstić information content (AvgIpc) is 2.28. The zero-order valence-electron chi connectivity index (χ0n) is 10.3. The SMILES string of the molecule is Cc1cccc(NC(=O)Cc2cccc(N)c2)c1. The van der Waals surface area contributed by atoms with Gasteiger partial charge in [0.15, 0.2) is 0 Å². The number of aryl methyl sites for hydroxylation is 1. The zero-order chi connectivity index (χ0) is 13.0. The van der Waals surface area contributed by atoms with Crippen LogP contribution < -0.4 is 11.1 Å². The van der Waals surface area contributed by atoms with Crippen molar-refractivity contribution in [3.05, 3.63) is 59.7 Å². The van der Waals surface area contributed by atoms with Crippen molar-refractivity contribution in [2.45, 2.75) is 13.3 Å². The van der Waals surface area contributed by atoms with E-state index in [0.717, 1.165) is 16.8 Å². The normalized spacial score (nSPS) is 10.1. The number of nitrogens with two attached hydrogens (primary N) is 1. The van der Waals surface area contributed by atoms with Gasteiger partial charge in [-0.3, -0.25) is 4.79 Å². The van der Waals surface area contributed by atoms with Gasteiger partial charge in [0.1, 0.15) is 0 Å². The molecule has 92 valence electrons. The van der Waals surface area contributed by atoms with Gasteiger partial charge in [0.25, 0.3) is 0 Å². The van der Waals surface area contributed by atoms with E-state index in [1.807, 2.05) is 55.5 Å². The molecular weight excluding hydrogens is 224 g/mol. The molecule has 2 rings (SSSR count). The third-order valence-electron chi connectivity index (χ3n) is 2.62. The maximum atomic E-state index is 11.9. The van der Waals surface area contributed by atoms with E-state index in [1.165, 1.54) is 0 Å². The van der Waals surface area contributed by atoms with Crippen LogP contribution in [-0.2, 0) is 11.2 Å². The Morgan fingerprint density at radius 2 is 1.94 bits per heavy atom. The van der Waals surface area contributed by atoms with Crippen molar-refractivity contribution >= 4 is 17.3 Å². The van der Waals surface area contributed by atoms with Gasteiger partial charge in [0.2, 0.25) is 5.91 Å². The van der Waals surface area contributed by atoms with E-state index in [2.05, 4.69) is 5.32 Å². The summed E-state index contributed by atoms with van der Waals surface area (Å²) in [5, 5.41) is 2.87. The van der Waals surface area contributed by atoms with Crippen molar-refractivity contribution in [1.82, 2.24) is 0 Å². The van der Waals surface area contributed by atoms with Crippen LogP contribution in [-0.4, -0.2) is 5.91 Å². The predicted molar refractivity (Wildman–Crippen MR) is 74.4 cm³/mol. The van der Waals surface area contributed by atoms with Gasteiger partial charge in [-0.05, 0) is 42.3 Å². The van der Waals surface area contributed by atoms with Gasteiger partial charge in [0.05, 0.1) is 6.42 Å². The lowest BCUT2D eigenvalue weighted by Gasteiger charge is -2.06. The minimum atomic E-state index is -0.0359. The predicted octanol–water partition coefficient (Wildman–Crippen LogP) is 2.76. The van der Waals surface area contributed by atoms with Gasteiger partial charge >= 0.3 is 0 Å². The number of anilines is 2. The highest BCUT2D eigenvalue weighted by atomic mass is 16.1. The Balaban J connectivity index is 2.01. The molecule has 2 aromatic carbocycles. The molecule has 3 nitrogen and oxygen atoms in total. The number of carbonyl (C=O) groups excluding carboxylic acids is 1. The van der Waals surface area contributed by atoms with Crippen LogP contribution in [0.3, 0.4) is 0 Å². The fourth-order valence-corrected chi connectivity index (χ4v) is 1.82. The molecule has 0 saturated carbocycles. The van der Waals surface area contributed by atoms with E-state index in [-0.39, 0.29) is 5.91 Å². The highest BCUT2D eigenvalue weighted by Crippen LogP contribution is 2.11. The van der Waals surface area contributed by atoms with E-state index in [9.17, 15) is 4.79 Å². The first kappa shape index (κ1) is 12.2. The van der Waals surface area contributed by atoms with Gasteiger partial charge in [-0.1, -0.05) is 24.3 Å². The number of amides is 1. The van der Waals surface area contributed by atoms with Gasteiger partial charge in [-0.2, -0.15) is 0 Å². The lowest BCUT2D eigenvalue weighted by Crippen LogP contribution is -2.14. The number of nitrogen functional groups attached to an aromatic ring is 1. The molecule has 2 aromatic rings. The summed E-state index contributed by atoms with van der Waals surface area (Å²) in [6, 6.07) is 15.1. The molecule has 0 aliphatic heterocycles. The molecule has 1 amide bonds. The lowest BCUT2D eigenvalue weighted by molar-refractivity contribution is -0.115. The van der Waals surface area contributed by atoms with Gasteiger partial charge < -0.3 is 11.1 Å². The van der Waals surface area contributed by atoms with Crippen molar-refractivity contribution < 1.29 is 4.79 Å². The van der Waals surface area contributed by atoms with Gasteiger partial charge in [-0.15, -0.1) is 0 Å². The quantitative estimate of drug-likeness (QED) is 0.810. The Morgan fingerprint density at radius 3 is 2.67 bits per heavy atom. The molecule has 0 heterocycles. The lowest BCUT2D eigenvalue weighted by atomic mass is 10.1. The fourth-order valence-electron chi connectivity index (χ4n) is 1.82. The maximum Gasteiger partial charge on any atom is 0.228 e. The zero-order valence-corrected chi connectivity index (χ0v) is 10.3. The molecule has 0 aliphatic carbocycles. The summed E-state index contributed by atoms with van der Waals surface area (Å²) in [6.07, 6.45) is 0.332. The monoisotopic (exact) mass is 240 g/mol. The second-order valence-electron chi connectivity index (χ2n) is 4.34. The number of hydrogen-bond acceptors (Lipinski definition) is 2. The summed E-state index contributed by atoms with van der Waals surface area (Å²) >= 11 is 0. The molecule has 0 aliphatic rings. The Kier molecular flexibility index (Phi) is 3.63. The second-order valence-corrected chi connectivity index (χ2v) is 4.34. The third kappa shape index (κ3) is 3.35. The minimum Gasteiger partial charge on any atom is -0.399 e. The van der Waals surface area contributed by atoms with Crippen LogP contribution in [0.1, 0.15) is 11.1 Å². The molecule has 18 heavy (non-hydrogen) atoms. The first-order valence-corrected chi connectivity index (χ1v) is 5.84. The summed E-state index contributed by atoms with van der Waals surface area (Å²) in [6.45, 7) is 1.99. The third-order valence-corrected chi connectivity index (χ3v) is 2.62. The molecule has 0 unspecified atom stereocenters. The molecule has 0 fully saturated rings. The van der Waals surface area contributed by atoms with Crippen LogP contribution in [0.2, 0.25) is 0 Å². The summed E-state index contributed by atoms with van der Waals surface area (Å²) in [5.41, 5.74) is 9.21. The largest absolute Gasteiger partial charge is 0.399 e. The number of rotatable bonds is 3. The number of benzene rings is 2. The molecular formula is C15H16N2O. The number of hydrogen-bond donors (Lipinski definition) is 2. The number of carbonyl (C=O) groups is 1. The molecule has 0 aromatic heterocycles. The summed E-state index contributed by atoms with van der Waals surface area (Å²) < 4.78 is 0. The van der Waals surface area contributed by atoms with Crippen LogP contribution in [0.15, 0.2) is 48.5 Å². The summed E-state index contributed by atoms with van der Waals surface area (Å²) in [4.78, 5) is 11.9. The van der Waals surface area contributed by atoms with Crippen LogP contribution >= 0.6 is 0 Å². The second kappa shape index (κ2) is 5.36. The fraction of sp³-hybridized carbons (Fsp3) is 0.133. The van der Waals surface area contributed by atoms with Crippen molar-refractivity contribution in [3.63, 3.8) is 0 Å². The maximum absolute atomic E-state index is 11.9. The van der Waals surface area contributed by atoms with E-state index in [1.54, 1.807) is 0 Å². The van der Waals surface area contributed by atoms with E-state index in [0.29, 0.717) is 12.1 Å². The first-order chi connectivity index (χ1) is 8.63. The minimum absolute atomic E-state index is 0.0359. The van der Waals surface area contributed by atoms with E-state index < -0.39 is 0 Å². The Hall–Kier alpha value is -2.29. The van der Waals surface area contributed by atoms with Crippen molar-refractivity contribution in [3.8, 4) is 0 Å². The van der Waals surface area contributed by atoms with Crippen molar-refractivity contribution in [2.24, 2.45) is 0 Å². The van der Waals surface area contributed by atoms with E-state index in [4.69, 9.17) is 5.73 Å². The van der Waals surface area contributed by atoms with Crippen LogP contribution in [0, 0.1) is 6.92 Å². The Morgan fingerprint density at radius 1 is 1.17 bits per heavy atom.